The van der Waals surface area contributed by atoms with Gasteiger partial charge in [0.15, 0.2) is 0 Å². The zero-order chi connectivity index (χ0) is 44.3. The molecule has 10 aromatic rings. The number of nitrogens with zero attached hydrogens (tertiary/aromatic N) is 2. The van der Waals surface area contributed by atoms with E-state index < -0.39 is 0 Å². The second-order valence-corrected chi connectivity index (χ2v) is 22.4. The Balaban J connectivity index is 1.20. The van der Waals surface area contributed by atoms with Crippen molar-refractivity contribution < 1.29 is 0 Å². The fraction of sp³-hybridized carbons (Fsp3) is 0.180. The number of thiophene rings is 1. The predicted molar refractivity (Wildman–Crippen MR) is 281 cm³/mol. The van der Waals surface area contributed by atoms with E-state index in [0.717, 1.165) is 0 Å². The minimum atomic E-state index is -0.108. The van der Waals surface area contributed by atoms with Crippen molar-refractivity contribution in [1.29, 1.82) is 0 Å². The molecule has 314 valence electrons. The van der Waals surface area contributed by atoms with E-state index >= 15 is 0 Å². The van der Waals surface area contributed by atoms with Gasteiger partial charge in [0.25, 0.3) is 0 Å². The monoisotopic (exact) mass is 854 g/mol. The van der Waals surface area contributed by atoms with Crippen LogP contribution in [0, 0.1) is 0 Å². The molecule has 0 saturated heterocycles. The van der Waals surface area contributed by atoms with Crippen LogP contribution in [-0.2, 0) is 16.2 Å². The van der Waals surface area contributed by atoms with E-state index in [4.69, 9.17) is 0 Å². The Hall–Kier alpha value is -6.62. The van der Waals surface area contributed by atoms with Crippen LogP contribution in [0.25, 0.3) is 81.4 Å². The fourth-order valence-corrected chi connectivity index (χ4v) is 13.0. The lowest BCUT2D eigenvalue weighted by atomic mass is 9.44. The summed E-state index contributed by atoms with van der Waals surface area (Å²) in [6.07, 6.45) is 0. The Kier molecular flexibility index (Phi) is 7.91. The molecule has 4 heteroatoms. The summed E-state index contributed by atoms with van der Waals surface area (Å²) in [5, 5.41) is 3.94. The van der Waals surface area contributed by atoms with Crippen molar-refractivity contribution in [3.8, 4) is 49.5 Å². The van der Waals surface area contributed by atoms with Crippen molar-refractivity contribution in [2.45, 2.75) is 71.6 Å². The zero-order valence-corrected chi connectivity index (χ0v) is 39.3. The van der Waals surface area contributed by atoms with Crippen LogP contribution in [-0.4, -0.2) is 11.4 Å². The lowest BCUT2D eigenvalue weighted by Crippen LogP contribution is -2.60. The molecule has 0 saturated carbocycles. The SMILES string of the molecule is CC(C)(C)c1ccc(N2B3c4cc5sc(-c6ccccc6)c(-c6ccccc6)c5cc4-n4c5cc6c(cc5c5ccc(c3c54)-c3cc(C(C)(C)C)ccc32)C(C)(C)c2ccccc2-6)cc1. The van der Waals surface area contributed by atoms with Gasteiger partial charge in [-0.3, -0.25) is 0 Å². The van der Waals surface area contributed by atoms with Gasteiger partial charge in [-0.1, -0.05) is 171 Å². The summed E-state index contributed by atoms with van der Waals surface area (Å²) in [5.41, 5.74) is 23.6. The van der Waals surface area contributed by atoms with Crippen LogP contribution < -0.4 is 15.7 Å². The maximum atomic E-state index is 2.69. The van der Waals surface area contributed by atoms with Crippen molar-refractivity contribution in [3.63, 3.8) is 0 Å². The first-order valence-corrected chi connectivity index (χ1v) is 24.1. The Morgan fingerprint density at radius 3 is 1.91 bits per heavy atom. The van der Waals surface area contributed by atoms with Crippen molar-refractivity contribution in [1.82, 2.24) is 4.57 Å². The maximum Gasteiger partial charge on any atom is 0.333 e. The first kappa shape index (κ1) is 38.8. The highest BCUT2D eigenvalue weighted by Crippen LogP contribution is 2.53. The highest BCUT2D eigenvalue weighted by Gasteiger charge is 2.45. The second kappa shape index (κ2) is 13.2. The van der Waals surface area contributed by atoms with Crippen molar-refractivity contribution in [3.05, 3.63) is 186 Å². The van der Waals surface area contributed by atoms with Crippen LogP contribution in [0.15, 0.2) is 164 Å². The summed E-state index contributed by atoms with van der Waals surface area (Å²) >= 11 is 1.93. The van der Waals surface area contributed by atoms with Crippen molar-refractivity contribution in [2.24, 2.45) is 0 Å². The van der Waals surface area contributed by atoms with Crippen LogP contribution in [0.1, 0.15) is 77.6 Å². The van der Waals surface area contributed by atoms with E-state index in [-0.39, 0.29) is 23.1 Å². The van der Waals surface area contributed by atoms with Gasteiger partial charge in [0.05, 0.1) is 11.0 Å². The predicted octanol–water partition coefficient (Wildman–Crippen LogP) is 15.5. The smallest absolute Gasteiger partial charge is 0.333 e. The average molecular weight is 855 g/mol. The average Bonchev–Trinajstić information content (AvgIpc) is 3.92. The Morgan fingerprint density at radius 1 is 0.508 bits per heavy atom. The highest BCUT2D eigenvalue weighted by molar-refractivity contribution is 7.23. The summed E-state index contributed by atoms with van der Waals surface area (Å²) in [5.74, 6) is 0. The van der Waals surface area contributed by atoms with E-state index in [1.54, 1.807) is 0 Å². The molecule has 0 amide bonds. The Labute approximate surface area is 386 Å². The third-order valence-corrected chi connectivity index (χ3v) is 16.3. The van der Waals surface area contributed by atoms with Gasteiger partial charge < -0.3 is 9.38 Å². The molecule has 65 heavy (non-hydrogen) atoms. The van der Waals surface area contributed by atoms with Gasteiger partial charge in [-0.05, 0) is 120 Å². The standard InChI is InChI=1S/C61H51BN2S/c1-59(2,3)38-23-26-40(27-24-38)64-51-30-25-39(60(4,5)6)31-45(51)42-28-29-43-46-32-49-44(41-21-15-16-22-48(41)61(49,7)8)33-52(46)63-53-34-47-54(35-50(53)62(64)56(42)57(43)63)65-58(37-19-13-10-14-20-37)55(47)36-17-11-9-12-18-36/h9-35H,1-8H3. The molecular formula is C61H51BN2S. The summed E-state index contributed by atoms with van der Waals surface area (Å²) in [4.78, 5) is 4.00. The summed E-state index contributed by atoms with van der Waals surface area (Å²) in [6.45, 7) is 18.7. The molecule has 0 unspecified atom stereocenters. The number of hydrogen-bond acceptors (Lipinski definition) is 2. The van der Waals surface area contributed by atoms with E-state index in [0.29, 0.717) is 0 Å². The number of hydrogen-bond donors (Lipinski definition) is 0. The molecule has 0 spiro atoms. The zero-order valence-electron chi connectivity index (χ0n) is 38.5. The number of benzene rings is 8. The van der Waals surface area contributed by atoms with E-state index in [1.807, 2.05) is 11.3 Å². The van der Waals surface area contributed by atoms with Crippen molar-refractivity contribution >= 4 is 72.4 Å². The molecule has 4 heterocycles. The van der Waals surface area contributed by atoms with Crippen LogP contribution in [0.5, 0.6) is 0 Å². The lowest BCUT2D eigenvalue weighted by molar-refractivity contribution is 0.590. The van der Waals surface area contributed by atoms with Gasteiger partial charge in [0.2, 0.25) is 0 Å². The van der Waals surface area contributed by atoms with Gasteiger partial charge in [0.1, 0.15) is 0 Å². The topological polar surface area (TPSA) is 8.17 Å². The third-order valence-electron chi connectivity index (χ3n) is 15.1. The van der Waals surface area contributed by atoms with E-state index in [9.17, 15) is 0 Å². The number of rotatable bonds is 3. The Morgan fingerprint density at radius 2 is 1.18 bits per heavy atom. The van der Waals surface area contributed by atoms with Gasteiger partial charge in [-0.25, -0.2) is 0 Å². The number of aromatic nitrogens is 1. The van der Waals surface area contributed by atoms with E-state index in [1.165, 1.54) is 126 Å². The molecule has 2 aliphatic heterocycles. The molecule has 0 radical (unpaired) electrons. The van der Waals surface area contributed by atoms with Crippen LogP contribution in [0.3, 0.4) is 0 Å². The summed E-state index contributed by atoms with van der Waals surface area (Å²) in [7, 11) is 0. The molecule has 3 aliphatic rings. The molecule has 0 atom stereocenters. The minimum absolute atomic E-state index is 0.00471. The second-order valence-electron chi connectivity index (χ2n) is 21.3. The molecule has 1 aliphatic carbocycles. The normalized spacial score (nSPS) is 14.5. The summed E-state index contributed by atoms with van der Waals surface area (Å²) in [6, 6.07) is 63.1. The molecule has 13 rings (SSSR count). The largest absolute Gasteiger partial charge is 0.376 e. The quantitative estimate of drug-likeness (QED) is 0.161. The molecule has 8 aromatic carbocycles. The van der Waals surface area contributed by atoms with Gasteiger partial charge >= 0.3 is 6.85 Å². The first-order chi connectivity index (χ1) is 31.3. The maximum absolute atomic E-state index is 2.69. The van der Waals surface area contributed by atoms with E-state index in [2.05, 4.69) is 229 Å². The lowest BCUT2D eigenvalue weighted by Gasteiger charge is -2.42. The first-order valence-electron chi connectivity index (χ1n) is 23.3. The van der Waals surface area contributed by atoms with Gasteiger partial charge in [0, 0.05) is 59.3 Å². The highest BCUT2D eigenvalue weighted by atomic mass is 32.1. The van der Waals surface area contributed by atoms with Crippen LogP contribution in [0.4, 0.5) is 11.4 Å². The molecular weight excluding hydrogens is 804 g/mol. The molecule has 0 fully saturated rings. The molecule has 2 nitrogen and oxygen atoms in total. The molecule has 0 bridgehead atoms. The van der Waals surface area contributed by atoms with Crippen molar-refractivity contribution in [2.75, 3.05) is 4.81 Å². The van der Waals surface area contributed by atoms with Gasteiger partial charge in [-0.15, -0.1) is 11.3 Å². The molecule has 2 aromatic heterocycles. The third kappa shape index (κ3) is 5.41. The molecule has 0 N–H and O–H groups in total. The number of fused-ring (bicyclic) bond motifs is 12. The Bertz CT molecular complexity index is 3630. The minimum Gasteiger partial charge on any atom is -0.376 e. The fourth-order valence-electron chi connectivity index (χ4n) is 11.7. The number of anilines is 2. The summed E-state index contributed by atoms with van der Waals surface area (Å²) < 4.78 is 3.99. The van der Waals surface area contributed by atoms with Gasteiger partial charge in [-0.2, -0.15) is 0 Å². The van der Waals surface area contributed by atoms with Crippen LogP contribution in [0.2, 0.25) is 0 Å². The van der Waals surface area contributed by atoms with Crippen LogP contribution >= 0.6 is 11.3 Å².